The Hall–Kier alpha value is -1.74. The fourth-order valence-corrected chi connectivity index (χ4v) is 2.03. The van der Waals surface area contributed by atoms with Gasteiger partial charge in [-0.3, -0.25) is 0 Å². The number of anilines is 2. The average molecular weight is 365 g/mol. The molecule has 0 aromatic heterocycles. The van der Waals surface area contributed by atoms with Gasteiger partial charge in [0.2, 0.25) is 0 Å². The molecule has 0 bridgehead atoms. The fourth-order valence-electron chi connectivity index (χ4n) is 1.38. The van der Waals surface area contributed by atoms with E-state index >= 15 is 0 Å². The highest BCUT2D eigenvalue weighted by molar-refractivity contribution is 14.1. The predicted molar refractivity (Wildman–Crippen MR) is 88.6 cm³/mol. The highest BCUT2D eigenvalue weighted by Gasteiger charge is 1.93. The summed E-state index contributed by atoms with van der Waals surface area (Å²) in [5.74, 6) is 0. The summed E-state index contributed by atoms with van der Waals surface area (Å²) in [6.45, 7) is 3.90. The Morgan fingerprint density at radius 2 is 1.47 bits per heavy atom. The Kier molecular flexibility index (Phi) is 5.64. The van der Waals surface area contributed by atoms with Crippen LogP contribution in [0.25, 0.3) is 0 Å². The van der Waals surface area contributed by atoms with Gasteiger partial charge in [0.25, 0.3) is 0 Å². The van der Waals surface area contributed by atoms with Crippen molar-refractivity contribution >= 4 is 34.0 Å². The molecular formula is C15H16IN3. The van der Waals surface area contributed by atoms with Gasteiger partial charge in [-0.1, -0.05) is 0 Å². The highest BCUT2D eigenvalue weighted by Crippen LogP contribution is 2.13. The van der Waals surface area contributed by atoms with Gasteiger partial charge in [-0.05, 0) is 84.0 Å². The normalized spacial score (nSPS) is 9.16. The van der Waals surface area contributed by atoms with E-state index in [1.807, 2.05) is 32.0 Å². The molecule has 0 amide bonds. The van der Waals surface area contributed by atoms with Crippen LogP contribution in [0.4, 0.5) is 11.4 Å². The average Bonchev–Trinajstić information content (AvgIpc) is 2.38. The van der Waals surface area contributed by atoms with E-state index in [-0.39, 0.29) is 0 Å². The molecule has 98 valence electrons. The van der Waals surface area contributed by atoms with E-state index in [9.17, 15) is 0 Å². The number of aryl methyl sites for hydroxylation is 2. The second-order valence-electron chi connectivity index (χ2n) is 4.18. The maximum atomic E-state index is 8.46. The van der Waals surface area contributed by atoms with Gasteiger partial charge >= 0.3 is 0 Å². The smallest absolute Gasteiger partial charge is 0.0991 e. The van der Waals surface area contributed by atoms with Gasteiger partial charge in [0.1, 0.15) is 0 Å². The summed E-state index contributed by atoms with van der Waals surface area (Å²) < 4.78 is 1.24. The third kappa shape index (κ3) is 4.79. The first-order chi connectivity index (χ1) is 8.93. The minimum atomic E-state index is 0.659. The molecule has 4 heteroatoms. The molecule has 2 aromatic carbocycles. The molecule has 2 aromatic rings. The van der Waals surface area contributed by atoms with Crippen molar-refractivity contribution in [2.24, 2.45) is 0 Å². The number of nitrogen functional groups attached to an aromatic ring is 2. The Labute approximate surface area is 127 Å². The Morgan fingerprint density at radius 3 is 1.89 bits per heavy atom. The number of rotatable bonds is 0. The molecule has 0 aliphatic carbocycles. The van der Waals surface area contributed by atoms with E-state index in [1.54, 1.807) is 18.2 Å². The minimum absolute atomic E-state index is 0.659. The molecule has 19 heavy (non-hydrogen) atoms. The Balaban J connectivity index is 0.000000191. The lowest BCUT2D eigenvalue weighted by Crippen LogP contribution is -1.88. The fraction of sp³-hybridized carbons (Fsp3) is 0.133. The van der Waals surface area contributed by atoms with Crippen LogP contribution in [0.1, 0.15) is 16.7 Å². The third-order valence-electron chi connectivity index (χ3n) is 2.63. The topological polar surface area (TPSA) is 75.8 Å². The molecule has 0 atom stereocenters. The number of hydrogen-bond acceptors (Lipinski definition) is 3. The van der Waals surface area contributed by atoms with E-state index in [0.29, 0.717) is 5.56 Å². The first-order valence-electron chi connectivity index (χ1n) is 5.72. The summed E-state index contributed by atoms with van der Waals surface area (Å²) in [6, 6.07) is 13.3. The summed E-state index contributed by atoms with van der Waals surface area (Å²) in [5.41, 5.74) is 15.5. The van der Waals surface area contributed by atoms with E-state index in [4.69, 9.17) is 16.7 Å². The van der Waals surface area contributed by atoms with Crippen LogP contribution in [-0.2, 0) is 0 Å². The van der Waals surface area contributed by atoms with Crippen molar-refractivity contribution in [3.8, 4) is 6.07 Å². The van der Waals surface area contributed by atoms with E-state index in [1.165, 1.54) is 3.57 Å². The minimum Gasteiger partial charge on any atom is -0.399 e. The molecule has 0 unspecified atom stereocenters. The standard InChI is InChI=1S/C8H8N2.C7H8IN/c1-6-4-7(5-9)2-3-8(6)10;1-5-4-6(8)2-3-7(5)9/h2-4H,10H2,1H3;2-4H,9H2,1H3. The van der Waals surface area contributed by atoms with Gasteiger partial charge < -0.3 is 11.5 Å². The summed E-state index contributed by atoms with van der Waals surface area (Å²) in [7, 11) is 0. The second kappa shape index (κ2) is 7.00. The van der Waals surface area contributed by atoms with Crippen molar-refractivity contribution in [1.82, 2.24) is 0 Å². The summed E-state index contributed by atoms with van der Waals surface area (Å²) in [5, 5.41) is 8.46. The summed E-state index contributed by atoms with van der Waals surface area (Å²) in [6.07, 6.45) is 0. The van der Waals surface area contributed by atoms with Crippen LogP contribution in [0.2, 0.25) is 0 Å². The molecular weight excluding hydrogens is 349 g/mol. The van der Waals surface area contributed by atoms with Crippen LogP contribution in [0, 0.1) is 28.7 Å². The molecule has 0 spiro atoms. The van der Waals surface area contributed by atoms with Crippen molar-refractivity contribution in [3.63, 3.8) is 0 Å². The van der Waals surface area contributed by atoms with E-state index in [0.717, 1.165) is 22.5 Å². The lowest BCUT2D eigenvalue weighted by molar-refractivity contribution is 1.42. The summed E-state index contributed by atoms with van der Waals surface area (Å²) >= 11 is 2.27. The lowest BCUT2D eigenvalue weighted by atomic mass is 10.1. The van der Waals surface area contributed by atoms with Crippen LogP contribution in [0.15, 0.2) is 36.4 Å². The maximum Gasteiger partial charge on any atom is 0.0991 e. The first-order valence-corrected chi connectivity index (χ1v) is 6.79. The van der Waals surface area contributed by atoms with Gasteiger partial charge in [0.05, 0.1) is 11.6 Å². The number of benzene rings is 2. The lowest BCUT2D eigenvalue weighted by Gasteiger charge is -1.97. The molecule has 0 heterocycles. The number of nitrogens with two attached hydrogens (primary N) is 2. The Morgan fingerprint density at radius 1 is 0.947 bits per heavy atom. The zero-order valence-corrected chi connectivity index (χ0v) is 13.1. The Bertz CT molecular complexity index is 615. The van der Waals surface area contributed by atoms with Gasteiger partial charge in [0.15, 0.2) is 0 Å². The third-order valence-corrected chi connectivity index (χ3v) is 3.30. The SMILES string of the molecule is Cc1cc(C#N)ccc1N.Cc1cc(I)ccc1N. The van der Waals surface area contributed by atoms with Crippen molar-refractivity contribution in [2.75, 3.05) is 11.5 Å². The van der Waals surface area contributed by atoms with Crippen LogP contribution in [0.5, 0.6) is 0 Å². The van der Waals surface area contributed by atoms with Gasteiger partial charge in [0, 0.05) is 14.9 Å². The first kappa shape index (κ1) is 15.3. The van der Waals surface area contributed by atoms with Crippen molar-refractivity contribution in [3.05, 3.63) is 56.7 Å². The summed E-state index contributed by atoms with van der Waals surface area (Å²) in [4.78, 5) is 0. The molecule has 0 radical (unpaired) electrons. The highest BCUT2D eigenvalue weighted by atomic mass is 127. The van der Waals surface area contributed by atoms with Crippen LogP contribution in [0.3, 0.4) is 0 Å². The predicted octanol–water partition coefficient (Wildman–Crippen LogP) is 3.63. The van der Waals surface area contributed by atoms with Crippen molar-refractivity contribution < 1.29 is 0 Å². The molecule has 0 aliphatic heterocycles. The number of nitrogens with zero attached hydrogens (tertiary/aromatic N) is 1. The monoisotopic (exact) mass is 365 g/mol. The van der Waals surface area contributed by atoms with E-state index < -0.39 is 0 Å². The molecule has 0 aliphatic rings. The van der Waals surface area contributed by atoms with Crippen LogP contribution >= 0.6 is 22.6 Å². The van der Waals surface area contributed by atoms with Crippen LogP contribution in [-0.4, -0.2) is 0 Å². The van der Waals surface area contributed by atoms with Gasteiger partial charge in [-0.2, -0.15) is 5.26 Å². The molecule has 3 nitrogen and oxygen atoms in total. The molecule has 0 saturated heterocycles. The number of halogens is 1. The zero-order chi connectivity index (χ0) is 14.4. The van der Waals surface area contributed by atoms with Crippen molar-refractivity contribution in [1.29, 1.82) is 5.26 Å². The number of nitriles is 1. The van der Waals surface area contributed by atoms with E-state index in [2.05, 4.69) is 28.7 Å². The molecule has 0 saturated carbocycles. The molecule has 2 rings (SSSR count). The zero-order valence-electron chi connectivity index (χ0n) is 10.9. The largest absolute Gasteiger partial charge is 0.399 e. The number of hydrogen-bond donors (Lipinski definition) is 2. The maximum absolute atomic E-state index is 8.46. The van der Waals surface area contributed by atoms with Crippen molar-refractivity contribution in [2.45, 2.75) is 13.8 Å². The quantitative estimate of drug-likeness (QED) is 0.553. The van der Waals surface area contributed by atoms with Gasteiger partial charge in [-0.25, -0.2) is 0 Å². The molecule has 0 fully saturated rings. The second-order valence-corrected chi connectivity index (χ2v) is 5.43. The molecule has 4 N–H and O–H groups in total. The van der Waals surface area contributed by atoms with Crippen LogP contribution < -0.4 is 11.5 Å². The van der Waals surface area contributed by atoms with Gasteiger partial charge in [-0.15, -0.1) is 0 Å².